The summed E-state index contributed by atoms with van der Waals surface area (Å²) in [6.45, 7) is 0.00830. The van der Waals surface area contributed by atoms with Crippen LogP contribution in [0.3, 0.4) is 0 Å². The SMILES string of the molecule is CN(C)c1cc(NCC(O)CCl)c(O)c2c1C[C@H]1C[C@H]3CC(O)C(C(N)=O)C(=O)[C@@]3(O)C(=O)C1=C2O. The van der Waals surface area contributed by atoms with E-state index in [9.17, 15) is 39.9 Å². The maximum absolute atomic E-state index is 13.6. The number of nitrogens with one attached hydrogen (secondary N) is 1. The standard InChI is InChI=1S/C24H30ClN3O8/c1-28(2)14-6-13(27-8-11(29)7-25)19(31)17-12(14)4-9-3-10-5-15(30)18(23(26)35)22(34)24(10,36)21(33)16(9)20(17)32/h6,9-11,15,18,27,29-32,36H,3-5,7-8H2,1-2H3,(H2,26,35)/t9-,10+,11?,15?,18?,24+/m1/s1. The molecule has 12 heteroatoms. The van der Waals surface area contributed by atoms with Crippen molar-refractivity contribution in [2.24, 2.45) is 23.5 Å². The van der Waals surface area contributed by atoms with Crippen molar-refractivity contribution < 1.29 is 39.9 Å². The van der Waals surface area contributed by atoms with E-state index in [4.69, 9.17) is 17.3 Å². The molecule has 3 aliphatic rings. The second-order valence-corrected chi connectivity index (χ2v) is 10.3. The van der Waals surface area contributed by atoms with Crippen LogP contribution < -0.4 is 16.0 Å². The van der Waals surface area contributed by atoms with Crippen molar-refractivity contribution in [1.29, 1.82) is 0 Å². The molecular formula is C24H30ClN3O8. The van der Waals surface area contributed by atoms with Gasteiger partial charge in [0.15, 0.2) is 11.4 Å². The number of halogens is 1. The maximum Gasteiger partial charge on any atom is 0.230 e. The first-order valence-corrected chi connectivity index (χ1v) is 12.1. The van der Waals surface area contributed by atoms with E-state index >= 15 is 0 Å². The average molecular weight is 524 g/mol. The molecule has 6 atom stereocenters. The smallest absolute Gasteiger partial charge is 0.230 e. The topological polar surface area (TPSA) is 194 Å². The molecule has 0 aromatic heterocycles. The molecular weight excluding hydrogens is 494 g/mol. The molecule has 3 unspecified atom stereocenters. The number of phenols is 1. The zero-order valence-corrected chi connectivity index (χ0v) is 20.6. The van der Waals surface area contributed by atoms with Gasteiger partial charge in [-0.05, 0) is 36.8 Å². The van der Waals surface area contributed by atoms with Crippen molar-refractivity contribution in [2.75, 3.05) is 36.7 Å². The number of phenolic OH excluding ortho intramolecular Hbond substituents is 1. The fourth-order valence-corrected chi connectivity index (χ4v) is 5.90. The van der Waals surface area contributed by atoms with Crippen LogP contribution in [0.15, 0.2) is 11.6 Å². The fourth-order valence-electron chi connectivity index (χ4n) is 5.79. The van der Waals surface area contributed by atoms with Crippen molar-refractivity contribution in [3.05, 3.63) is 22.8 Å². The molecule has 0 saturated heterocycles. The molecule has 0 spiro atoms. The summed E-state index contributed by atoms with van der Waals surface area (Å²) in [5, 5.41) is 56.7. The number of nitrogens with two attached hydrogens (primary N) is 1. The Hall–Kier alpha value is -2.86. The molecule has 1 aromatic rings. The number of hydrogen-bond donors (Lipinski definition) is 7. The predicted molar refractivity (Wildman–Crippen MR) is 131 cm³/mol. The monoisotopic (exact) mass is 523 g/mol. The van der Waals surface area contributed by atoms with E-state index in [2.05, 4.69) is 5.32 Å². The molecule has 0 bridgehead atoms. The zero-order valence-electron chi connectivity index (χ0n) is 19.9. The van der Waals surface area contributed by atoms with E-state index in [0.717, 1.165) is 0 Å². The number of rotatable bonds is 6. The van der Waals surface area contributed by atoms with Crippen molar-refractivity contribution in [2.45, 2.75) is 37.1 Å². The summed E-state index contributed by atoms with van der Waals surface area (Å²) < 4.78 is 0. The van der Waals surface area contributed by atoms with Crippen LogP contribution in [-0.4, -0.2) is 87.3 Å². The highest BCUT2D eigenvalue weighted by atomic mass is 35.5. The number of fused-ring (bicyclic) bond motifs is 3. The quantitative estimate of drug-likeness (QED) is 0.147. The number of benzene rings is 1. The van der Waals surface area contributed by atoms with Gasteiger partial charge in [-0.1, -0.05) is 0 Å². The van der Waals surface area contributed by atoms with Gasteiger partial charge in [-0.25, -0.2) is 0 Å². The van der Waals surface area contributed by atoms with Gasteiger partial charge in [0.05, 0.1) is 29.3 Å². The minimum absolute atomic E-state index is 0.00830. The lowest BCUT2D eigenvalue weighted by molar-refractivity contribution is -0.174. The van der Waals surface area contributed by atoms with Crippen LogP contribution in [0.4, 0.5) is 11.4 Å². The van der Waals surface area contributed by atoms with Crippen LogP contribution in [0.5, 0.6) is 5.75 Å². The highest BCUT2D eigenvalue weighted by Crippen LogP contribution is 2.53. The third-order valence-corrected chi connectivity index (χ3v) is 7.91. The van der Waals surface area contributed by atoms with Crippen molar-refractivity contribution >= 4 is 46.2 Å². The minimum Gasteiger partial charge on any atom is -0.507 e. The molecule has 1 amide bonds. The van der Waals surface area contributed by atoms with Gasteiger partial charge in [0.2, 0.25) is 11.7 Å². The Bertz CT molecular complexity index is 1170. The summed E-state index contributed by atoms with van der Waals surface area (Å²) in [7, 11) is 3.54. The number of hydrogen-bond acceptors (Lipinski definition) is 10. The van der Waals surface area contributed by atoms with Crippen LogP contribution in [-0.2, 0) is 20.8 Å². The van der Waals surface area contributed by atoms with E-state index in [0.29, 0.717) is 11.3 Å². The number of primary amides is 1. The highest BCUT2D eigenvalue weighted by Gasteiger charge is 2.64. The Morgan fingerprint density at radius 1 is 1.31 bits per heavy atom. The summed E-state index contributed by atoms with van der Waals surface area (Å²) in [4.78, 5) is 40.3. The van der Waals surface area contributed by atoms with Crippen molar-refractivity contribution in [1.82, 2.24) is 0 Å². The van der Waals surface area contributed by atoms with Crippen LogP contribution >= 0.6 is 11.6 Å². The predicted octanol–water partition coefficient (Wildman–Crippen LogP) is -0.333. The molecule has 11 nitrogen and oxygen atoms in total. The van der Waals surface area contributed by atoms with Gasteiger partial charge in [0.1, 0.15) is 17.4 Å². The first-order valence-electron chi connectivity index (χ1n) is 11.6. The average Bonchev–Trinajstić information content (AvgIpc) is 2.80. The molecule has 2 saturated carbocycles. The van der Waals surface area contributed by atoms with Crippen molar-refractivity contribution in [3.63, 3.8) is 0 Å². The van der Waals surface area contributed by atoms with Gasteiger partial charge in [0, 0.05) is 37.8 Å². The van der Waals surface area contributed by atoms with Crippen LogP contribution in [0.1, 0.15) is 24.0 Å². The minimum atomic E-state index is -2.63. The van der Waals surface area contributed by atoms with E-state index in [1.807, 2.05) is 0 Å². The number of amides is 1. The second-order valence-electron chi connectivity index (χ2n) is 9.97. The number of anilines is 2. The largest absolute Gasteiger partial charge is 0.507 e. The van der Waals surface area contributed by atoms with Gasteiger partial charge >= 0.3 is 0 Å². The summed E-state index contributed by atoms with van der Waals surface area (Å²) in [6.07, 6.45) is -2.22. The zero-order chi connectivity index (χ0) is 26.7. The summed E-state index contributed by atoms with van der Waals surface area (Å²) in [6, 6.07) is 1.65. The third kappa shape index (κ3) is 3.81. The Morgan fingerprint density at radius 2 is 1.97 bits per heavy atom. The number of carbonyl (C=O) groups is 3. The maximum atomic E-state index is 13.6. The number of aliphatic hydroxyl groups excluding tert-OH is 3. The molecule has 8 N–H and O–H groups in total. The second kappa shape index (κ2) is 9.22. The lowest BCUT2D eigenvalue weighted by Crippen LogP contribution is -2.66. The van der Waals surface area contributed by atoms with E-state index in [1.54, 1.807) is 25.1 Å². The number of Topliss-reactive ketones (excluding diaryl/α,β-unsaturated/α-hetero) is 2. The van der Waals surface area contributed by atoms with Gasteiger partial charge in [-0.3, -0.25) is 14.4 Å². The fraction of sp³-hybridized carbons (Fsp3) is 0.542. The van der Waals surface area contributed by atoms with Crippen molar-refractivity contribution in [3.8, 4) is 5.75 Å². The highest BCUT2D eigenvalue weighted by molar-refractivity contribution is 6.24. The number of aliphatic hydroxyl groups is 4. The Balaban J connectivity index is 1.86. The molecule has 2 fully saturated rings. The summed E-state index contributed by atoms with van der Waals surface area (Å²) >= 11 is 5.65. The number of nitrogens with zero attached hydrogens (tertiary/aromatic N) is 1. The Kier molecular flexibility index (Phi) is 6.71. The third-order valence-electron chi connectivity index (χ3n) is 7.55. The number of carbonyl (C=O) groups excluding carboxylic acids is 3. The first kappa shape index (κ1) is 26.2. The van der Waals surface area contributed by atoms with E-state index in [-0.39, 0.29) is 54.3 Å². The van der Waals surface area contributed by atoms with Gasteiger partial charge in [-0.15, -0.1) is 11.6 Å². The van der Waals surface area contributed by atoms with Crippen LogP contribution in [0, 0.1) is 17.8 Å². The molecule has 0 heterocycles. The number of ketones is 2. The van der Waals surface area contributed by atoms with Crippen LogP contribution in [0.2, 0.25) is 0 Å². The summed E-state index contributed by atoms with van der Waals surface area (Å²) in [5.74, 6) is -7.70. The molecule has 0 aliphatic heterocycles. The molecule has 196 valence electrons. The van der Waals surface area contributed by atoms with Gasteiger partial charge < -0.3 is 41.5 Å². The molecule has 1 aromatic carbocycles. The molecule has 4 rings (SSSR count). The number of alkyl halides is 1. The summed E-state index contributed by atoms with van der Waals surface area (Å²) in [5.41, 5.74) is 3.77. The van der Waals surface area contributed by atoms with E-state index < -0.39 is 58.8 Å². The molecule has 3 aliphatic carbocycles. The Morgan fingerprint density at radius 3 is 2.56 bits per heavy atom. The first-order chi connectivity index (χ1) is 16.8. The normalized spacial score (nSPS) is 30.3. The van der Waals surface area contributed by atoms with Crippen LogP contribution in [0.25, 0.3) is 5.76 Å². The van der Waals surface area contributed by atoms with E-state index in [1.165, 1.54) is 0 Å². The lowest BCUT2D eigenvalue weighted by atomic mass is 9.56. The molecule has 36 heavy (non-hydrogen) atoms. The number of aromatic hydroxyl groups is 1. The Labute approximate surface area is 212 Å². The van der Waals surface area contributed by atoms with Gasteiger partial charge in [0.25, 0.3) is 0 Å². The van der Waals surface area contributed by atoms with Gasteiger partial charge in [-0.2, -0.15) is 0 Å². The molecule has 0 radical (unpaired) electrons. The lowest BCUT2D eigenvalue weighted by Gasteiger charge is -2.48.